The van der Waals surface area contributed by atoms with Crippen LogP contribution in [0.3, 0.4) is 0 Å². The summed E-state index contributed by atoms with van der Waals surface area (Å²) < 4.78 is 36.9. The van der Waals surface area contributed by atoms with E-state index >= 15 is 0 Å². The van der Waals surface area contributed by atoms with Crippen LogP contribution in [0.2, 0.25) is 0 Å². The highest BCUT2D eigenvalue weighted by atomic mass is 32.8. The molecule has 8 nitrogen and oxygen atoms in total. The highest BCUT2D eigenvalue weighted by Crippen LogP contribution is 2.06. The Hall–Kier alpha value is -1.30. The van der Waals surface area contributed by atoms with E-state index in [1.165, 1.54) is 7.11 Å². The lowest BCUT2D eigenvalue weighted by Gasteiger charge is -2.08. The normalized spacial score (nSPS) is 13.3. The minimum Gasteiger partial charge on any atom is -0.460 e. The lowest BCUT2D eigenvalue weighted by molar-refractivity contribution is 0.00193. The van der Waals surface area contributed by atoms with Gasteiger partial charge in [-0.15, -0.1) is 0 Å². The second kappa shape index (κ2) is 13.0. The van der Waals surface area contributed by atoms with Crippen molar-refractivity contribution < 1.29 is 32.1 Å². The molecule has 1 aromatic rings. The van der Waals surface area contributed by atoms with Gasteiger partial charge >= 0.3 is 5.97 Å². The van der Waals surface area contributed by atoms with Gasteiger partial charge in [-0.2, -0.15) is 0 Å². The van der Waals surface area contributed by atoms with Crippen molar-refractivity contribution in [3.8, 4) is 0 Å². The molecule has 1 atom stereocenters. The Morgan fingerprint density at radius 2 is 1.46 bits per heavy atom. The van der Waals surface area contributed by atoms with Crippen LogP contribution in [0.15, 0.2) is 24.3 Å². The summed E-state index contributed by atoms with van der Waals surface area (Å²) >= 11 is 4.71. The SMILES string of the molecule is COS(=O)(=S)CCOCCOCCOCCOC(=O)c1ccc(N)cc1. The monoisotopic (exact) mass is 407 g/mol. The maximum atomic E-state index is 11.7. The molecule has 0 saturated heterocycles. The van der Waals surface area contributed by atoms with Gasteiger partial charge in [0.1, 0.15) is 15.4 Å². The molecular weight excluding hydrogens is 382 g/mol. The van der Waals surface area contributed by atoms with Crippen molar-refractivity contribution >= 4 is 31.6 Å². The number of carbonyl (C=O) groups is 1. The van der Waals surface area contributed by atoms with Crippen LogP contribution < -0.4 is 5.73 Å². The fourth-order valence-electron chi connectivity index (χ4n) is 1.68. The first-order valence-corrected chi connectivity index (χ1v) is 10.6. The van der Waals surface area contributed by atoms with Gasteiger partial charge in [0, 0.05) is 16.9 Å². The van der Waals surface area contributed by atoms with Crippen LogP contribution in [0.1, 0.15) is 10.4 Å². The van der Waals surface area contributed by atoms with Gasteiger partial charge in [-0.05, 0) is 24.3 Å². The van der Waals surface area contributed by atoms with Crippen molar-refractivity contribution in [2.24, 2.45) is 0 Å². The lowest BCUT2D eigenvalue weighted by Crippen LogP contribution is -2.16. The van der Waals surface area contributed by atoms with Gasteiger partial charge in [-0.1, -0.05) is 0 Å². The molecular formula is C16H25NO7S2. The smallest absolute Gasteiger partial charge is 0.338 e. The van der Waals surface area contributed by atoms with Gasteiger partial charge in [-0.25, -0.2) is 9.00 Å². The Bertz CT molecular complexity index is 620. The second-order valence-electron chi connectivity index (χ2n) is 5.02. The summed E-state index contributed by atoms with van der Waals surface area (Å²) in [7, 11) is -1.33. The van der Waals surface area contributed by atoms with E-state index in [4.69, 9.17) is 35.9 Å². The summed E-state index contributed by atoms with van der Waals surface area (Å²) in [5, 5.41) is 0. The average molecular weight is 408 g/mol. The Morgan fingerprint density at radius 3 is 2.00 bits per heavy atom. The van der Waals surface area contributed by atoms with Crippen molar-refractivity contribution in [1.29, 1.82) is 0 Å². The molecule has 1 rings (SSSR count). The van der Waals surface area contributed by atoms with Gasteiger partial charge in [0.05, 0.1) is 58.1 Å². The summed E-state index contributed by atoms with van der Waals surface area (Å²) in [5.41, 5.74) is 6.58. The topological polar surface area (TPSA) is 106 Å². The molecule has 1 aromatic carbocycles. The van der Waals surface area contributed by atoms with Gasteiger partial charge in [0.15, 0.2) is 0 Å². The van der Waals surface area contributed by atoms with E-state index in [2.05, 4.69) is 4.18 Å². The number of nitrogens with two attached hydrogens (primary N) is 1. The Morgan fingerprint density at radius 1 is 0.962 bits per heavy atom. The standard InChI is InChI=1S/C16H25NO7S2/c1-20-26(19,25)13-12-23-9-8-21-6-7-22-10-11-24-16(18)14-2-4-15(17)5-3-14/h2-5H,6-13,17H2,1H3. The van der Waals surface area contributed by atoms with Crippen molar-refractivity contribution in [2.75, 3.05) is 64.8 Å². The van der Waals surface area contributed by atoms with E-state index in [-0.39, 0.29) is 25.6 Å². The Kier molecular flexibility index (Phi) is 11.3. The Labute approximate surface area is 158 Å². The quantitative estimate of drug-likeness (QED) is 0.272. The molecule has 10 heteroatoms. The number of benzene rings is 1. The van der Waals surface area contributed by atoms with E-state index in [1.807, 2.05) is 0 Å². The first-order valence-electron chi connectivity index (χ1n) is 7.99. The molecule has 148 valence electrons. The van der Waals surface area contributed by atoms with Gasteiger partial charge in [-0.3, -0.25) is 4.18 Å². The summed E-state index contributed by atoms with van der Waals surface area (Å²) in [6.45, 7) is 2.23. The highest BCUT2D eigenvalue weighted by molar-refractivity contribution is 8.30. The molecule has 0 aliphatic carbocycles. The van der Waals surface area contributed by atoms with Crippen LogP contribution in [0.4, 0.5) is 5.69 Å². The van der Waals surface area contributed by atoms with Gasteiger partial charge in [0.2, 0.25) is 0 Å². The van der Waals surface area contributed by atoms with Gasteiger partial charge < -0.3 is 24.7 Å². The van der Waals surface area contributed by atoms with E-state index in [9.17, 15) is 9.00 Å². The van der Waals surface area contributed by atoms with Crippen LogP contribution in [0.25, 0.3) is 0 Å². The first-order chi connectivity index (χ1) is 12.4. The molecule has 26 heavy (non-hydrogen) atoms. The number of hydrogen-bond acceptors (Lipinski definition) is 9. The predicted molar refractivity (Wildman–Crippen MR) is 101 cm³/mol. The van der Waals surface area contributed by atoms with Crippen LogP contribution in [0, 0.1) is 0 Å². The molecule has 2 N–H and O–H groups in total. The van der Waals surface area contributed by atoms with Crippen molar-refractivity contribution in [3.63, 3.8) is 0 Å². The van der Waals surface area contributed by atoms with Crippen LogP contribution in [-0.2, 0) is 43.1 Å². The predicted octanol–water partition coefficient (Wildman–Crippen LogP) is 0.783. The molecule has 0 fully saturated rings. The van der Waals surface area contributed by atoms with E-state index in [0.29, 0.717) is 37.7 Å². The molecule has 1 unspecified atom stereocenters. The Balaban J connectivity index is 1.90. The van der Waals surface area contributed by atoms with Crippen LogP contribution in [0.5, 0.6) is 0 Å². The molecule has 0 spiro atoms. The summed E-state index contributed by atoms with van der Waals surface area (Å²) in [5.74, 6) is -0.240. The molecule has 0 aliphatic rings. The minimum absolute atomic E-state index is 0.159. The van der Waals surface area contributed by atoms with Crippen LogP contribution >= 0.6 is 0 Å². The molecule has 0 bridgehead atoms. The van der Waals surface area contributed by atoms with E-state index in [0.717, 1.165) is 0 Å². The van der Waals surface area contributed by atoms with Gasteiger partial charge in [0.25, 0.3) is 0 Å². The second-order valence-corrected chi connectivity index (χ2v) is 8.40. The van der Waals surface area contributed by atoms with Crippen molar-refractivity contribution in [1.82, 2.24) is 0 Å². The molecule has 0 heterocycles. The van der Waals surface area contributed by atoms with E-state index < -0.39 is 14.7 Å². The lowest BCUT2D eigenvalue weighted by atomic mass is 10.2. The first kappa shape index (κ1) is 22.7. The zero-order valence-electron chi connectivity index (χ0n) is 14.7. The third kappa shape index (κ3) is 10.6. The maximum absolute atomic E-state index is 11.7. The molecule has 0 saturated carbocycles. The molecule has 0 amide bonds. The number of ether oxygens (including phenoxy) is 4. The number of anilines is 1. The maximum Gasteiger partial charge on any atom is 0.338 e. The molecule has 0 aromatic heterocycles. The van der Waals surface area contributed by atoms with Crippen molar-refractivity contribution in [3.05, 3.63) is 29.8 Å². The molecule has 0 aliphatic heterocycles. The summed E-state index contributed by atoms with van der Waals surface area (Å²) in [6.07, 6.45) is 0. The molecule has 0 radical (unpaired) electrons. The number of hydrogen-bond donors (Lipinski definition) is 1. The largest absolute Gasteiger partial charge is 0.460 e. The fraction of sp³-hybridized carbons (Fsp3) is 0.562. The fourth-order valence-corrected chi connectivity index (χ4v) is 2.37. The number of rotatable bonds is 14. The van der Waals surface area contributed by atoms with Crippen molar-refractivity contribution in [2.45, 2.75) is 0 Å². The summed E-state index contributed by atoms with van der Waals surface area (Å²) in [6, 6.07) is 6.50. The zero-order chi connectivity index (χ0) is 19.3. The number of esters is 1. The number of carbonyl (C=O) groups excluding carboxylic acids is 1. The average Bonchev–Trinajstić information content (AvgIpc) is 2.63. The third-order valence-electron chi connectivity index (χ3n) is 3.08. The summed E-state index contributed by atoms with van der Waals surface area (Å²) in [4.78, 5) is 11.7. The third-order valence-corrected chi connectivity index (χ3v) is 5.17. The number of nitrogen functional groups attached to an aromatic ring is 1. The van der Waals surface area contributed by atoms with Crippen LogP contribution in [-0.4, -0.2) is 69.3 Å². The highest BCUT2D eigenvalue weighted by Gasteiger charge is 2.06. The van der Waals surface area contributed by atoms with E-state index in [1.54, 1.807) is 24.3 Å². The minimum atomic E-state index is -2.65. The zero-order valence-corrected chi connectivity index (χ0v) is 16.4.